The highest BCUT2D eigenvalue weighted by Crippen LogP contribution is 2.24. The summed E-state index contributed by atoms with van der Waals surface area (Å²) in [6.45, 7) is 3.73. The van der Waals surface area contributed by atoms with Gasteiger partial charge in [0.1, 0.15) is 11.9 Å². The predicted octanol–water partition coefficient (Wildman–Crippen LogP) is 1.37. The molecule has 0 saturated carbocycles. The van der Waals surface area contributed by atoms with E-state index in [-0.39, 0.29) is 10.6 Å². The van der Waals surface area contributed by atoms with Gasteiger partial charge in [0, 0.05) is 0 Å². The van der Waals surface area contributed by atoms with Crippen LogP contribution in [-0.2, 0) is 0 Å². The average Bonchev–Trinajstić information content (AvgIpc) is 2.61. The van der Waals surface area contributed by atoms with Crippen molar-refractivity contribution in [2.24, 2.45) is 0 Å². The third-order valence-corrected chi connectivity index (χ3v) is 3.15. The van der Waals surface area contributed by atoms with E-state index in [0.29, 0.717) is 11.7 Å². The Morgan fingerprint density at radius 1 is 1.50 bits per heavy atom. The minimum atomic E-state index is -0.367. The van der Waals surface area contributed by atoms with Gasteiger partial charge < -0.3 is 4.90 Å². The highest BCUT2D eigenvalue weighted by Gasteiger charge is 2.23. The summed E-state index contributed by atoms with van der Waals surface area (Å²) in [6.07, 6.45) is 3.58. The summed E-state index contributed by atoms with van der Waals surface area (Å²) in [5, 5.41) is 15.0. The maximum absolute atomic E-state index is 10.7. The lowest BCUT2D eigenvalue weighted by atomic mass is 10.1. The van der Waals surface area contributed by atoms with Gasteiger partial charge in [0.15, 0.2) is 0 Å². The number of hydrogen-bond donors (Lipinski definition) is 0. The lowest BCUT2D eigenvalue weighted by Crippen LogP contribution is -2.31. The largest absolute Gasteiger partial charge is 0.309 e. The molecule has 0 N–H and O–H groups in total. The molecule has 0 spiro atoms. The van der Waals surface area contributed by atoms with Crippen LogP contribution in [0, 0.1) is 17.0 Å². The molecule has 16 heavy (non-hydrogen) atoms. The van der Waals surface area contributed by atoms with Crippen molar-refractivity contribution < 1.29 is 4.92 Å². The fourth-order valence-corrected chi connectivity index (χ4v) is 2.10. The van der Waals surface area contributed by atoms with Gasteiger partial charge in [0.25, 0.3) is 0 Å². The quantitative estimate of drug-likeness (QED) is 0.562. The summed E-state index contributed by atoms with van der Waals surface area (Å²) in [7, 11) is 2.09. The van der Waals surface area contributed by atoms with Crippen molar-refractivity contribution >= 4 is 5.69 Å². The molecule has 0 unspecified atom stereocenters. The number of aryl methyl sites for hydroxylation is 1. The monoisotopic (exact) mass is 224 g/mol. The van der Waals surface area contributed by atoms with Crippen LogP contribution in [0.3, 0.4) is 0 Å². The summed E-state index contributed by atoms with van der Waals surface area (Å²) < 4.78 is 1.76. The van der Waals surface area contributed by atoms with Crippen molar-refractivity contribution in [3.05, 3.63) is 22.0 Å². The molecule has 0 aliphatic carbocycles. The van der Waals surface area contributed by atoms with Crippen LogP contribution in [0.1, 0.15) is 24.6 Å². The Bertz CT molecular complexity index is 394. The first kappa shape index (κ1) is 11.1. The van der Waals surface area contributed by atoms with Gasteiger partial charge in [-0.15, -0.1) is 0 Å². The van der Waals surface area contributed by atoms with Crippen molar-refractivity contribution in [1.29, 1.82) is 0 Å². The summed E-state index contributed by atoms with van der Waals surface area (Å²) in [5.74, 6) is 0. The Morgan fingerprint density at radius 2 is 2.12 bits per heavy atom. The van der Waals surface area contributed by atoms with Crippen LogP contribution in [0.15, 0.2) is 6.20 Å². The van der Waals surface area contributed by atoms with E-state index in [1.165, 1.54) is 0 Å². The fraction of sp³-hybridized carbons (Fsp3) is 0.700. The molecule has 1 aromatic heterocycles. The molecule has 1 saturated heterocycles. The van der Waals surface area contributed by atoms with E-state index in [1.807, 2.05) is 0 Å². The fourth-order valence-electron chi connectivity index (χ4n) is 2.10. The summed E-state index contributed by atoms with van der Waals surface area (Å²) in [4.78, 5) is 12.6. The van der Waals surface area contributed by atoms with Gasteiger partial charge in [-0.05, 0) is 39.9 Å². The van der Waals surface area contributed by atoms with Gasteiger partial charge in [-0.1, -0.05) is 0 Å². The maximum atomic E-state index is 10.7. The van der Waals surface area contributed by atoms with Gasteiger partial charge >= 0.3 is 5.69 Å². The maximum Gasteiger partial charge on any atom is 0.309 e. The molecule has 6 heteroatoms. The first-order chi connectivity index (χ1) is 7.58. The highest BCUT2D eigenvalue weighted by atomic mass is 16.6. The van der Waals surface area contributed by atoms with Crippen LogP contribution in [0.4, 0.5) is 5.69 Å². The number of nitrogens with zero attached hydrogens (tertiary/aromatic N) is 4. The van der Waals surface area contributed by atoms with Gasteiger partial charge in [-0.25, -0.2) is 0 Å². The molecule has 0 aromatic carbocycles. The summed E-state index contributed by atoms with van der Waals surface area (Å²) in [5.41, 5.74) is 0.628. The summed E-state index contributed by atoms with van der Waals surface area (Å²) >= 11 is 0. The zero-order valence-electron chi connectivity index (χ0n) is 9.59. The normalized spacial score (nSPS) is 18.9. The van der Waals surface area contributed by atoms with Gasteiger partial charge in [-0.2, -0.15) is 5.10 Å². The smallest absolute Gasteiger partial charge is 0.306 e. The molecule has 1 aliphatic heterocycles. The van der Waals surface area contributed by atoms with Crippen LogP contribution in [-0.4, -0.2) is 39.7 Å². The second-order valence-corrected chi connectivity index (χ2v) is 4.37. The highest BCUT2D eigenvalue weighted by molar-refractivity contribution is 5.31. The van der Waals surface area contributed by atoms with Crippen molar-refractivity contribution in [2.45, 2.75) is 25.8 Å². The molecule has 1 aliphatic rings. The molecular weight excluding hydrogens is 208 g/mol. The van der Waals surface area contributed by atoms with Crippen LogP contribution in [0.5, 0.6) is 0 Å². The first-order valence-corrected chi connectivity index (χ1v) is 5.46. The Balaban J connectivity index is 2.15. The Hall–Kier alpha value is -1.43. The standard InChI is InChI=1S/C10H16N4O2/c1-8-10(14(15)16)7-13(11-8)9-3-5-12(2)6-4-9/h7,9H,3-6H2,1-2H3. The van der Waals surface area contributed by atoms with E-state index in [1.54, 1.807) is 17.8 Å². The molecular formula is C10H16N4O2. The van der Waals surface area contributed by atoms with Gasteiger partial charge in [-0.3, -0.25) is 14.8 Å². The molecule has 2 rings (SSSR count). The number of likely N-dealkylation sites (tertiary alicyclic amines) is 1. The Kier molecular flexibility index (Phi) is 2.91. The predicted molar refractivity (Wildman–Crippen MR) is 59.4 cm³/mol. The molecule has 0 radical (unpaired) electrons. The van der Waals surface area contributed by atoms with Crippen molar-refractivity contribution in [2.75, 3.05) is 20.1 Å². The minimum absolute atomic E-state index is 0.124. The van der Waals surface area contributed by atoms with Crippen LogP contribution in [0.2, 0.25) is 0 Å². The van der Waals surface area contributed by atoms with Gasteiger partial charge in [0.05, 0.1) is 11.0 Å². The second kappa shape index (κ2) is 4.21. The Morgan fingerprint density at radius 3 is 2.62 bits per heavy atom. The molecule has 88 valence electrons. The number of hydrogen-bond acceptors (Lipinski definition) is 4. The third-order valence-electron chi connectivity index (χ3n) is 3.15. The number of nitro groups is 1. The van der Waals surface area contributed by atoms with Crippen molar-refractivity contribution in [1.82, 2.24) is 14.7 Å². The Labute approximate surface area is 94.0 Å². The number of aromatic nitrogens is 2. The third kappa shape index (κ3) is 2.06. The lowest BCUT2D eigenvalue weighted by Gasteiger charge is -2.28. The topological polar surface area (TPSA) is 64.2 Å². The van der Waals surface area contributed by atoms with Gasteiger partial charge in [0.2, 0.25) is 0 Å². The molecule has 0 bridgehead atoms. The first-order valence-electron chi connectivity index (χ1n) is 5.46. The van der Waals surface area contributed by atoms with E-state index in [4.69, 9.17) is 0 Å². The van der Waals surface area contributed by atoms with Crippen molar-refractivity contribution in [3.63, 3.8) is 0 Å². The SMILES string of the molecule is Cc1nn(C2CCN(C)CC2)cc1[N+](=O)[O-]. The van der Waals surface area contributed by atoms with Crippen LogP contribution in [0.25, 0.3) is 0 Å². The van der Waals surface area contributed by atoms with E-state index >= 15 is 0 Å². The molecule has 6 nitrogen and oxygen atoms in total. The zero-order chi connectivity index (χ0) is 11.7. The van der Waals surface area contributed by atoms with E-state index in [9.17, 15) is 10.1 Å². The van der Waals surface area contributed by atoms with Crippen LogP contribution >= 0.6 is 0 Å². The zero-order valence-corrected chi connectivity index (χ0v) is 9.59. The molecule has 0 atom stereocenters. The van der Waals surface area contributed by atoms with E-state index in [2.05, 4.69) is 17.0 Å². The molecule has 1 aromatic rings. The van der Waals surface area contributed by atoms with E-state index < -0.39 is 0 Å². The molecule has 0 amide bonds. The van der Waals surface area contributed by atoms with Crippen LogP contribution < -0.4 is 0 Å². The number of piperidine rings is 1. The lowest BCUT2D eigenvalue weighted by molar-refractivity contribution is -0.385. The summed E-state index contributed by atoms with van der Waals surface area (Å²) in [6, 6.07) is 0.309. The van der Waals surface area contributed by atoms with Crippen molar-refractivity contribution in [3.8, 4) is 0 Å². The minimum Gasteiger partial charge on any atom is -0.306 e. The molecule has 1 fully saturated rings. The van der Waals surface area contributed by atoms with E-state index in [0.717, 1.165) is 25.9 Å². The number of rotatable bonds is 2. The average molecular weight is 224 g/mol. The second-order valence-electron chi connectivity index (χ2n) is 4.37. The molecule has 2 heterocycles.